The number of aliphatic hydroxyl groups excluding tert-OH is 1. The summed E-state index contributed by atoms with van der Waals surface area (Å²) in [6.07, 6.45) is 0. The SMILES string of the molecule is Cc1ccccc1C(=O)Nc1ccc(C#CCO)cc1F. The predicted octanol–water partition coefficient (Wildman–Crippen LogP) is 2.73. The van der Waals surface area contributed by atoms with Gasteiger partial charge in [-0.05, 0) is 36.8 Å². The summed E-state index contributed by atoms with van der Waals surface area (Å²) in [6, 6.07) is 11.3. The van der Waals surface area contributed by atoms with Gasteiger partial charge in [-0.1, -0.05) is 30.0 Å². The predicted molar refractivity (Wildman–Crippen MR) is 79.5 cm³/mol. The Labute approximate surface area is 122 Å². The second-order valence-corrected chi connectivity index (χ2v) is 4.42. The number of benzene rings is 2. The summed E-state index contributed by atoms with van der Waals surface area (Å²) >= 11 is 0. The molecule has 0 saturated heterocycles. The molecule has 0 aliphatic rings. The number of carbonyl (C=O) groups excluding carboxylic acids is 1. The van der Waals surface area contributed by atoms with Gasteiger partial charge in [0, 0.05) is 11.1 Å². The highest BCUT2D eigenvalue weighted by Crippen LogP contribution is 2.17. The smallest absolute Gasteiger partial charge is 0.256 e. The molecule has 0 spiro atoms. The number of hydrogen-bond acceptors (Lipinski definition) is 2. The fraction of sp³-hybridized carbons (Fsp3) is 0.118. The third-order valence-corrected chi connectivity index (χ3v) is 2.92. The normalized spacial score (nSPS) is 9.67. The molecule has 0 bridgehead atoms. The van der Waals surface area contributed by atoms with Gasteiger partial charge < -0.3 is 10.4 Å². The van der Waals surface area contributed by atoms with E-state index < -0.39 is 5.82 Å². The zero-order valence-electron chi connectivity index (χ0n) is 11.5. The zero-order valence-corrected chi connectivity index (χ0v) is 11.5. The van der Waals surface area contributed by atoms with Gasteiger partial charge in [-0.2, -0.15) is 0 Å². The fourth-order valence-electron chi connectivity index (χ4n) is 1.85. The lowest BCUT2D eigenvalue weighted by Crippen LogP contribution is -2.14. The van der Waals surface area contributed by atoms with Gasteiger partial charge in [0.1, 0.15) is 12.4 Å². The number of carbonyl (C=O) groups is 1. The second-order valence-electron chi connectivity index (χ2n) is 4.42. The highest BCUT2D eigenvalue weighted by Gasteiger charge is 2.11. The summed E-state index contributed by atoms with van der Waals surface area (Å²) in [6.45, 7) is 1.53. The van der Waals surface area contributed by atoms with E-state index in [1.807, 2.05) is 19.1 Å². The van der Waals surface area contributed by atoms with Gasteiger partial charge in [-0.25, -0.2) is 4.39 Å². The summed E-state index contributed by atoms with van der Waals surface area (Å²) < 4.78 is 13.9. The minimum atomic E-state index is -0.568. The van der Waals surface area contributed by atoms with E-state index in [2.05, 4.69) is 17.2 Å². The molecule has 2 aromatic carbocycles. The molecule has 2 N–H and O–H groups in total. The van der Waals surface area contributed by atoms with Gasteiger partial charge in [0.2, 0.25) is 0 Å². The molecule has 21 heavy (non-hydrogen) atoms. The first kappa shape index (κ1) is 14.8. The molecule has 1 amide bonds. The van der Waals surface area contributed by atoms with E-state index in [1.54, 1.807) is 18.2 Å². The topological polar surface area (TPSA) is 49.3 Å². The van der Waals surface area contributed by atoms with Crippen molar-refractivity contribution in [3.8, 4) is 11.8 Å². The van der Waals surface area contributed by atoms with Crippen LogP contribution in [-0.2, 0) is 0 Å². The number of halogens is 1. The van der Waals surface area contributed by atoms with E-state index in [-0.39, 0.29) is 18.2 Å². The summed E-state index contributed by atoms with van der Waals surface area (Å²) in [5.74, 6) is 4.11. The summed E-state index contributed by atoms with van der Waals surface area (Å²) in [7, 11) is 0. The Morgan fingerprint density at radius 2 is 2.05 bits per heavy atom. The Kier molecular flexibility index (Phi) is 4.70. The third-order valence-electron chi connectivity index (χ3n) is 2.92. The van der Waals surface area contributed by atoms with Gasteiger partial charge in [-0.15, -0.1) is 0 Å². The van der Waals surface area contributed by atoms with Crippen molar-refractivity contribution in [3.63, 3.8) is 0 Å². The minimum Gasteiger partial charge on any atom is -0.384 e. The molecule has 3 nitrogen and oxygen atoms in total. The quantitative estimate of drug-likeness (QED) is 0.833. The Hall–Kier alpha value is -2.64. The Balaban J connectivity index is 2.20. The first-order valence-corrected chi connectivity index (χ1v) is 6.38. The van der Waals surface area contributed by atoms with Crippen molar-refractivity contribution < 1.29 is 14.3 Å². The number of amides is 1. The fourth-order valence-corrected chi connectivity index (χ4v) is 1.85. The number of hydrogen-bond donors (Lipinski definition) is 2. The van der Waals surface area contributed by atoms with Crippen LogP contribution in [0.4, 0.5) is 10.1 Å². The van der Waals surface area contributed by atoms with E-state index in [9.17, 15) is 9.18 Å². The lowest BCUT2D eigenvalue weighted by atomic mass is 10.1. The monoisotopic (exact) mass is 283 g/mol. The summed E-state index contributed by atoms with van der Waals surface area (Å²) in [5, 5.41) is 11.1. The summed E-state index contributed by atoms with van der Waals surface area (Å²) in [4.78, 5) is 12.1. The van der Waals surface area contributed by atoms with Crippen molar-refractivity contribution in [1.29, 1.82) is 0 Å². The van der Waals surface area contributed by atoms with Crippen molar-refractivity contribution in [3.05, 3.63) is 65.0 Å². The minimum absolute atomic E-state index is 0.0952. The molecular weight excluding hydrogens is 269 g/mol. The molecule has 2 aromatic rings. The number of aliphatic hydroxyl groups is 1. The van der Waals surface area contributed by atoms with Crippen LogP contribution in [0.1, 0.15) is 21.5 Å². The highest BCUT2D eigenvalue weighted by atomic mass is 19.1. The van der Waals surface area contributed by atoms with Crippen LogP contribution in [0.2, 0.25) is 0 Å². The van der Waals surface area contributed by atoms with Crippen molar-refractivity contribution in [2.45, 2.75) is 6.92 Å². The average Bonchev–Trinajstić information content (AvgIpc) is 2.48. The van der Waals surface area contributed by atoms with Crippen molar-refractivity contribution in [2.24, 2.45) is 0 Å². The van der Waals surface area contributed by atoms with Crippen molar-refractivity contribution in [1.82, 2.24) is 0 Å². The van der Waals surface area contributed by atoms with E-state index >= 15 is 0 Å². The second kappa shape index (κ2) is 6.69. The Morgan fingerprint density at radius 1 is 1.29 bits per heavy atom. The molecule has 4 heteroatoms. The zero-order chi connectivity index (χ0) is 15.2. The van der Waals surface area contributed by atoms with Crippen LogP contribution in [0.3, 0.4) is 0 Å². The van der Waals surface area contributed by atoms with Gasteiger partial charge >= 0.3 is 0 Å². The number of nitrogens with one attached hydrogen (secondary N) is 1. The molecule has 0 atom stereocenters. The van der Waals surface area contributed by atoms with Gasteiger partial charge in [-0.3, -0.25) is 4.79 Å². The first-order valence-electron chi connectivity index (χ1n) is 6.38. The Bertz CT molecular complexity index is 729. The Morgan fingerprint density at radius 3 is 2.71 bits per heavy atom. The molecule has 0 aliphatic heterocycles. The van der Waals surface area contributed by atoms with E-state index in [1.165, 1.54) is 12.1 Å². The van der Waals surface area contributed by atoms with Crippen LogP contribution in [0, 0.1) is 24.6 Å². The van der Waals surface area contributed by atoms with Crippen LogP contribution in [0.15, 0.2) is 42.5 Å². The van der Waals surface area contributed by atoms with Crippen LogP contribution >= 0.6 is 0 Å². The molecule has 0 fully saturated rings. The molecule has 106 valence electrons. The van der Waals surface area contributed by atoms with Crippen LogP contribution in [0.25, 0.3) is 0 Å². The van der Waals surface area contributed by atoms with E-state index in [0.717, 1.165) is 5.56 Å². The van der Waals surface area contributed by atoms with Crippen LogP contribution in [-0.4, -0.2) is 17.6 Å². The highest BCUT2D eigenvalue weighted by molar-refractivity contribution is 6.05. The first-order chi connectivity index (χ1) is 10.1. The molecule has 0 aliphatic carbocycles. The molecule has 0 aromatic heterocycles. The molecule has 2 rings (SSSR count). The standard InChI is InChI=1S/C17H14FNO2/c1-12-5-2-3-7-14(12)17(21)19-16-9-8-13(6-4-10-20)11-15(16)18/h2-3,5,7-9,11,20H,10H2,1H3,(H,19,21). The van der Waals surface area contributed by atoms with Crippen molar-refractivity contribution >= 4 is 11.6 Å². The molecule has 0 heterocycles. The van der Waals surface area contributed by atoms with Gasteiger partial charge in [0.25, 0.3) is 5.91 Å². The van der Waals surface area contributed by atoms with E-state index in [0.29, 0.717) is 11.1 Å². The summed E-state index contributed by atoms with van der Waals surface area (Å²) in [5.41, 5.74) is 1.86. The lowest BCUT2D eigenvalue weighted by Gasteiger charge is -2.08. The van der Waals surface area contributed by atoms with E-state index in [4.69, 9.17) is 5.11 Å². The molecule has 0 unspecified atom stereocenters. The molecule has 0 radical (unpaired) electrons. The number of aryl methyl sites for hydroxylation is 1. The third kappa shape index (κ3) is 3.68. The van der Waals surface area contributed by atoms with Crippen molar-refractivity contribution in [2.75, 3.05) is 11.9 Å². The number of anilines is 1. The largest absolute Gasteiger partial charge is 0.384 e. The number of rotatable bonds is 2. The van der Waals surface area contributed by atoms with Gasteiger partial charge in [0.05, 0.1) is 5.69 Å². The molecular formula is C17H14FNO2. The maximum Gasteiger partial charge on any atom is 0.256 e. The maximum absolute atomic E-state index is 13.9. The van der Waals surface area contributed by atoms with Gasteiger partial charge in [0.15, 0.2) is 0 Å². The van der Waals surface area contributed by atoms with Crippen LogP contribution < -0.4 is 5.32 Å². The maximum atomic E-state index is 13.9. The average molecular weight is 283 g/mol. The lowest BCUT2D eigenvalue weighted by molar-refractivity contribution is 0.102. The molecule has 0 saturated carbocycles. The van der Waals surface area contributed by atoms with Crippen LogP contribution in [0.5, 0.6) is 0 Å².